The van der Waals surface area contributed by atoms with Gasteiger partial charge in [0.25, 0.3) is 0 Å². The molecular weight excluding hydrogens is 278 g/mol. The van der Waals surface area contributed by atoms with Gasteiger partial charge >= 0.3 is 0 Å². The van der Waals surface area contributed by atoms with Crippen molar-refractivity contribution in [1.82, 2.24) is 5.32 Å². The smallest absolute Gasteiger partial charge is 0.0438 e. The monoisotopic (exact) mass is 309 g/mol. The van der Waals surface area contributed by atoms with E-state index >= 15 is 0 Å². The number of nitrogens with one attached hydrogen (secondary N) is 1. The minimum Gasteiger partial charge on any atom is -0.317 e. The largest absolute Gasteiger partial charge is 0.317 e. The Kier molecular flexibility index (Phi) is 10.6. The zero-order valence-electron chi connectivity index (χ0n) is 13.8. The van der Waals surface area contributed by atoms with Gasteiger partial charge in [-0.15, -0.1) is 0 Å². The molecule has 0 radical (unpaired) electrons. The summed E-state index contributed by atoms with van der Waals surface area (Å²) < 4.78 is 0. The van der Waals surface area contributed by atoms with Crippen LogP contribution in [0.5, 0.6) is 0 Å². The van der Waals surface area contributed by atoms with E-state index in [-0.39, 0.29) is 0 Å². The second kappa shape index (κ2) is 12.1. The number of unbranched alkanes of at least 4 members (excludes halogenated alkanes) is 5. The Morgan fingerprint density at radius 1 is 1.00 bits per heavy atom. The number of halogens is 1. The highest BCUT2D eigenvalue weighted by molar-refractivity contribution is 6.31. The SMILES string of the molecule is CCCCCCCCC(CNCC)Cc1ccccc1Cl. The van der Waals surface area contributed by atoms with Crippen LogP contribution in [0.2, 0.25) is 5.02 Å². The van der Waals surface area contributed by atoms with Crippen LogP contribution in [0.15, 0.2) is 24.3 Å². The van der Waals surface area contributed by atoms with Crippen LogP contribution in [0.3, 0.4) is 0 Å². The van der Waals surface area contributed by atoms with E-state index in [1.807, 2.05) is 12.1 Å². The molecule has 0 saturated carbocycles. The van der Waals surface area contributed by atoms with E-state index < -0.39 is 0 Å². The van der Waals surface area contributed by atoms with Crippen LogP contribution < -0.4 is 5.32 Å². The third-order valence-corrected chi connectivity index (χ3v) is 4.48. The summed E-state index contributed by atoms with van der Waals surface area (Å²) in [7, 11) is 0. The maximum Gasteiger partial charge on any atom is 0.0438 e. The summed E-state index contributed by atoms with van der Waals surface area (Å²) in [5.74, 6) is 0.705. The normalized spacial score (nSPS) is 12.5. The first-order valence-electron chi connectivity index (χ1n) is 8.72. The molecule has 1 unspecified atom stereocenters. The maximum atomic E-state index is 6.30. The lowest BCUT2D eigenvalue weighted by Gasteiger charge is -2.18. The Hall–Kier alpha value is -0.530. The van der Waals surface area contributed by atoms with E-state index in [0.717, 1.165) is 24.5 Å². The zero-order chi connectivity index (χ0) is 15.3. The van der Waals surface area contributed by atoms with Crippen molar-refractivity contribution in [3.63, 3.8) is 0 Å². The average Bonchev–Trinajstić information content (AvgIpc) is 2.50. The van der Waals surface area contributed by atoms with E-state index in [2.05, 4.69) is 31.3 Å². The molecule has 0 aliphatic rings. The standard InChI is InChI=1S/C19H32ClN/c1-3-5-6-7-8-9-12-17(16-21-4-2)15-18-13-10-11-14-19(18)20/h10-11,13-14,17,21H,3-9,12,15-16H2,1-2H3. The summed E-state index contributed by atoms with van der Waals surface area (Å²) in [4.78, 5) is 0. The summed E-state index contributed by atoms with van der Waals surface area (Å²) >= 11 is 6.30. The van der Waals surface area contributed by atoms with E-state index in [1.54, 1.807) is 0 Å². The van der Waals surface area contributed by atoms with Gasteiger partial charge in [0.05, 0.1) is 0 Å². The highest BCUT2D eigenvalue weighted by Gasteiger charge is 2.11. The third kappa shape index (κ3) is 8.48. The molecule has 0 aliphatic heterocycles. The van der Waals surface area contributed by atoms with Crippen LogP contribution in [0, 0.1) is 5.92 Å². The molecule has 1 rings (SSSR count). The summed E-state index contributed by atoms with van der Waals surface area (Å²) in [6.45, 7) is 6.61. The Bertz CT molecular complexity index is 364. The van der Waals surface area contributed by atoms with Crippen molar-refractivity contribution in [1.29, 1.82) is 0 Å². The van der Waals surface area contributed by atoms with Crippen molar-refractivity contribution in [2.45, 2.75) is 65.2 Å². The molecule has 0 spiro atoms. The Labute approximate surface area is 136 Å². The van der Waals surface area contributed by atoms with Gasteiger partial charge in [0, 0.05) is 5.02 Å². The quantitative estimate of drug-likeness (QED) is 0.477. The zero-order valence-corrected chi connectivity index (χ0v) is 14.6. The predicted molar refractivity (Wildman–Crippen MR) is 95.2 cm³/mol. The van der Waals surface area contributed by atoms with Crippen molar-refractivity contribution >= 4 is 11.6 Å². The van der Waals surface area contributed by atoms with Crippen molar-refractivity contribution in [3.05, 3.63) is 34.9 Å². The van der Waals surface area contributed by atoms with Gasteiger partial charge in [-0.3, -0.25) is 0 Å². The Balaban J connectivity index is 2.35. The number of hydrogen-bond donors (Lipinski definition) is 1. The van der Waals surface area contributed by atoms with Crippen LogP contribution in [0.25, 0.3) is 0 Å². The topological polar surface area (TPSA) is 12.0 Å². The fourth-order valence-electron chi connectivity index (χ4n) is 2.81. The fourth-order valence-corrected chi connectivity index (χ4v) is 3.03. The van der Waals surface area contributed by atoms with E-state index in [0.29, 0.717) is 5.92 Å². The molecule has 120 valence electrons. The van der Waals surface area contributed by atoms with Gasteiger partial charge in [-0.2, -0.15) is 0 Å². The molecule has 1 N–H and O–H groups in total. The lowest BCUT2D eigenvalue weighted by molar-refractivity contribution is 0.424. The number of rotatable bonds is 12. The van der Waals surface area contributed by atoms with E-state index in [4.69, 9.17) is 11.6 Å². The second-order valence-electron chi connectivity index (χ2n) is 6.03. The van der Waals surface area contributed by atoms with Crippen molar-refractivity contribution in [2.75, 3.05) is 13.1 Å². The Morgan fingerprint density at radius 3 is 2.43 bits per heavy atom. The first kappa shape index (κ1) is 18.5. The first-order chi connectivity index (χ1) is 10.3. The van der Waals surface area contributed by atoms with Crippen LogP contribution in [-0.2, 0) is 6.42 Å². The molecule has 2 heteroatoms. The van der Waals surface area contributed by atoms with Crippen molar-refractivity contribution in [3.8, 4) is 0 Å². The molecule has 0 aromatic heterocycles. The number of benzene rings is 1. The van der Waals surface area contributed by atoms with Crippen molar-refractivity contribution < 1.29 is 0 Å². The van der Waals surface area contributed by atoms with Gasteiger partial charge in [0.15, 0.2) is 0 Å². The van der Waals surface area contributed by atoms with Gasteiger partial charge in [0.2, 0.25) is 0 Å². The average molecular weight is 310 g/mol. The third-order valence-electron chi connectivity index (χ3n) is 4.12. The molecule has 1 aromatic rings. The maximum absolute atomic E-state index is 6.30. The van der Waals surface area contributed by atoms with Gasteiger partial charge in [-0.25, -0.2) is 0 Å². The second-order valence-corrected chi connectivity index (χ2v) is 6.43. The lowest BCUT2D eigenvalue weighted by atomic mass is 9.93. The Morgan fingerprint density at radius 2 is 1.71 bits per heavy atom. The molecule has 0 heterocycles. The van der Waals surface area contributed by atoms with Gasteiger partial charge in [-0.1, -0.05) is 82.2 Å². The van der Waals surface area contributed by atoms with Crippen LogP contribution in [-0.4, -0.2) is 13.1 Å². The van der Waals surface area contributed by atoms with Crippen molar-refractivity contribution in [2.24, 2.45) is 5.92 Å². The first-order valence-corrected chi connectivity index (χ1v) is 9.09. The fraction of sp³-hybridized carbons (Fsp3) is 0.684. The molecule has 0 aliphatic carbocycles. The van der Waals surface area contributed by atoms with E-state index in [9.17, 15) is 0 Å². The molecule has 1 atom stereocenters. The molecule has 0 saturated heterocycles. The summed E-state index contributed by atoms with van der Waals surface area (Å²) in [5.41, 5.74) is 1.30. The van der Waals surface area contributed by atoms with Crippen LogP contribution in [0.4, 0.5) is 0 Å². The lowest BCUT2D eigenvalue weighted by Crippen LogP contribution is -2.24. The van der Waals surface area contributed by atoms with Crippen LogP contribution >= 0.6 is 11.6 Å². The van der Waals surface area contributed by atoms with Crippen LogP contribution in [0.1, 0.15) is 64.4 Å². The van der Waals surface area contributed by atoms with Gasteiger partial charge in [0.1, 0.15) is 0 Å². The minimum absolute atomic E-state index is 0.705. The molecular formula is C19H32ClN. The van der Waals surface area contributed by atoms with Gasteiger partial charge in [-0.05, 0) is 43.5 Å². The highest BCUT2D eigenvalue weighted by Crippen LogP contribution is 2.22. The molecule has 0 amide bonds. The molecule has 0 bridgehead atoms. The number of hydrogen-bond acceptors (Lipinski definition) is 1. The summed E-state index contributed by atoms with van der Waals surface area (Å²) in [6.07, 6.45) is 10.7. The minimum atomic E-state index is 0.705. The van der Waals surface area contributed by atoms with Gasteiger partial charge < -0.3 is 5.32 Å². The predicted octanol–water partition coefficient (Wildman–Crippen LogP) is 5.86. The van der Waals surface area contributed by atoms with E-state index in [1.165, 1.54) is 50.5 Å². The highest BCUT2D eigenvalue weighted by atomic mass is 35.5. The molecule has 21 heavy (non-hydrogen) atoms. The molecule has 1 nitrogen and oxygen atoms in total. The molecule has 1 aromatic carbocycles. The summed E-state index contributed by atoms with van der Waals surface area (Å²) in [5, 5.41) is 4.42. The molecule has 0 fully saturated rings. The summed E-state index contributed by atoms with van der Waals surface area (Å²) in [6, 6.07) is 8.28.